The number of nitrogens with zero attached hydrogens (tertiary/aromatic N) is 1. The molecule has 1 saturated heterocycles. The zero-order valence-corrected chi connectivity index (χ0v) is 25.5. The summed E-state index contributed by atoms with van der Waals surface area (Å²) in [6.07, 6.45) is 10.4. The molecule has 3 saturated carbocycles. The molecule has 0 aromatic heterocycles. The topological polar surface area (TPSA) is 174 Å². The minimum atomic E-state index is -2.08. The molecule has 4 fully saturated rings. The molecule has 42 heavy (non-hydrogen) atoms. The Morgan fingerprint density at radius 3 is 2.24 bits per heavy atom. The third-order valence-corrected chi connectivity index (χ3v) is 10.3. The fraction of sp³-hybridized carbons (Fsp3) is 0.862. The van der Waals surface area contributed by atoms with Crippen molar-refractivity contribution in [2.45, 2.75) is 126 Å². The van der Waals surface area contributed by atoms with Crippen LogP contribution in [0.4, 0.5) is 4.79 Å². The van der Waals surface area contributed by atoms with Crippen LogP contribution in [0, 0.1) is 11.8 Å². The number of rotatable bonds is 12. The van der Waals surface area contributed by atoms with Gasteiger partial charge in [-0.25, -0.2) is 13.8 Å². The summed E-state index contributed by atoms with van der Waals surface area (Å²) in [6.45, 7) is 0.365. The van der Waals surface area contributed by atoms with Gasteiger partial charge in [-0.15, -0.1) is 0 Å². The van der Waals surface area contributed by atoms with Crippen LogP contribution in [-0.4, -0.2) is 91.8 Å². The van der Waals surface area contributed by atoms with E-state index in [1.807, 2.05) is 0 Å². The predicted molar refractivity (Wildman–Crippen MR) is 156 cm³/mol. The van der Waals surface area contributed by atoms with Crippen molar-refractivity contribution in [3.05, 3.63) is 0 Å². The number of aliphatic hydroxyl groups excluding tert-OH is 1. The van der Waals surface area contributed by atoms with Crippen LogP contribution in [0.15, 0.2) is 0 Å². The number of urea groups is 1. The summed E-state index contributed by atoms with van der Waals surface area (Å²) in [6, 6.07) is -2.95. The first-order valence-corrected chi connectivity index (χ1v) is 16.9. The molecule has 0 spiro atoms. The van der Waals surface area contributed by atoms with E-state index in [1.54, 1.807) is 0 Å². The standard InChI is InChI=1S/C29H48N4O8S/c1-41-27(37)24(34)21(17-19-12-13-19)30-25(35)22-11-8-16-33(22)26(36)23(20-9-4-2-5-10-20)31-28(38)32-29(18-42(39)40)14-6-3-7-15-29/h19-24,34H,2-18H2,1H3,(H,30,35)(H,39,40)(H2,31,32,38)/t21?,22-,23-,24?/m0/s1. The number of esters is 1. The van der Waals surface area contributed by atoms with E-state index in [0.29, 0.717) is 44.6 Å². The minimum absolute atomic E-state index is 0.0592. The molecule has 3 aliphatic carbocycles. The molecule has 5 atom stereocenters. The normalized spacial score (nSPS) is 25.5. The van der Waals surface area contributed by atoms with Crippen molar-refractivity contribution in [3.63, 3.8) is 0 Å². The molecular formula is C29H48N4O8S. The second kappa shape index (κ2) is 15.0. The van der Waals surface area contributed by atoms with Crippen molar-refractivity contribution in [1.29, 1.82) is 0 Å². The molecule has 0 radical (unpaired) electrons. The van der Waals surface area contributed by atoms with Gasteiger partial charge in [0.25, 0.3) is 0 Å². The van der Waals surface area contributed by atoms with Gasteiger partial charge in [0.1, 0.15) is 12.1 Å². The summed E-state index contributed by atoms with van der Waals surface area (Å²) in [5, 5.41) is 19.3. The summed E-state index contributed by atoms with van der Waals surface area (Å²) >= 11 is -2.08. The Bertz CT molecular complexity index is 996. The summed E-state index contributed by atoms with van der Waals surface area (Å²) in [5.41, 5.74) is -0.796. The molecule has 13 heteroatoms. The number of aliphatic hydroxyl groups is 1. The maximum Gasteiger partial charge on any atom is 0.336 e. The number of hydrogen-bond acceptors (Lipinski definition) is 7. The quantitative estimate of drug-likeness (QED) is 0.164. The number of hydrogen-bond donors (Lipinski definition) is 5. The molecule has 4 aliphatic rings. The average Bonchev–Trinajstić information content (AvgIpc) is 3.65. The van der Waals surface area contributed by atoms with Gasteiger partial charge < -0.3 is 35.2 Å². The Balaban J connectivity index is 1.47. The van der Waals surface area contributed by atoms with Gasteiger partial charge in [-0.1, -0.05) is 51.4 Å². The van der Waals surface area contributed by atoms with Crippen LogP contribution in [0.2, 0.25) is 0 Å². The largest absolute Gasteiger partial charge is 0.467 e. The number of ether oxygens (including phenoxy) is 1. The van der Waals surface area contributed by atoms with Crippen LogP contribution < -0.4 is 16.0 Å². The van der Waals surface area contributed by atoms with E-state index in [1.165, 1.54) is 12.0 Å². The zero-order chi connectivity index (χ0) is 30.3. The van der Waals surface area contributed by atoms with E-state index in [4.69, 9.17) is 4.74 Å². The van der Waals surface area contributed by atoms with Crippen LogP contribution in [0.1, 0.15) is 96.3 Å². The van der Waals surface area contributed by atoms with Crippen LogP contribution in [0.5, 0.6) is 0 Å². The third kappa shape index (κ3) is 8.66. The van der Waals surface area contributed by atoms with Crippen LogP contribution in [-0.2, 0) is 30.2 Å². The Morgan fingerprint density at radius 2 is 1.62 bits per heavy atom. The summed E-state index contributed by atoms with van der Waals surface area (Å²) in [5.74, 6) is -1.37. The van der Waals surface area contributed by atoms with Crippen molar-refractivity contribution >= 4 is 34.9 Å². The van der Waals surface area contributed by atoms with E-state index in [9.17, 15) is 33.0 Å². The van der Waals surface area contributed by atoms with Gasteiger partial charge >= 0.3 is 12.0 Å². The highest BCUT2D eigenvalue weighted by atomic mass is 32.2. The van der Waals surface area contributed by atoms with E-state index < -0.39 is 58.8 Å². The monoisotopic (exact) mass is 612 g/mol. The lowest BCUT2D eigenvalue weighted by molar-refractivity contribution is -0.153. The number of amides is 4. The lowest BCUT2D eigenvalue weighted by Crippen LogP contribution is -2.62. The summed E-state index contributed by atoms with van der Waals surface area (Å²) < 4.78 is 26.1. The predicted octanol–water partition coefficient (Wildman–Crippen LogP) is 1.97. The average molecular weight is 613 g/mol. The molecule has 4 amide bonds. The number of likely N-dealkylation sites (tertiary alicyclic amines) is 1. The first-order chi connectivity index (χ1) is 20.1. The van der Waals surface area contributed by atoms with Crippen molar-refractivity contribution in [1.82, 2.24) is 20.9 Å². The number of carbonyl (C=O) groups excluding carboxylic acids is 4. The molecule has 12 nitrogen and oxygen atoms in total. The fourth-order valence-electron chi connectivity index (χ4n) is 7.06. The van der Waals surface area contributed by atoms with Gasteiger partial charge in [0.2, 0.25) is 11.8 Å². The Labute approximate surface area is 250 Å². The third-order valence-electron chi connectivity index (χ3n) is 9.54. The van der Waals surface area contributed by atoms with E-state index in [2.05, 4.69) is 16.0 Å². The Hall–Kier alpha value is -2.25. The number of carbonyl (C=O) groups is 4. The molecule has 5 N–H and O–H groups in total. The lowest BCUT2D eigenvalue weighted by Gasteiger charge is -2.39. The molecule has 0 aromatic rings. The molecule has 1 heterocycles. The summed E-state index contributed by atoms with van der Waals surface area (Å²) in [4.78, 5) is 54.6. The molecular weight excluding hydrogens is 564 g/mol. The number of nitrogens with one attached hydrogen (secondary N) is 3. The molecule has 4 rings (SSSR count). The second-order valence-electron chi connectivity index (χ2n) is 12.7. The summed E-state index contributed by atoms with van der Waals surface area (Å²) in [7, 11) is 1.19. The fourth-order valence-corrected chi connectivity index (χ4v) is 7.90. The van der Waals surface area contributed by atoms with Crippen molar-refractivity contribution in [2.75, 3.05) is 19.4 Å². The van der Waals surface area contributed by atoms with E-state index in [-0.39, 0.29) is 17.6 Å². The van der Waals surface area contributed by atoms with Crippen molar-refractivity contribution < 1.29 is 37.8 Å². The first-order valence-electron chi connectivity index (χ1n) is 15.7. The maximum absolute atomic E-state index is 14.1. The Morgan fingerprint density at radius 1 is 0.952 bits per heavy atom. The molecule has 0 aromatic carbocycles. The van der Waals surface area contributed by atoms with Gasteiger partial charge in [-0.2, -0.15) is 0 Å². The maximum atomic E-state index is 14.1. The van der Waals surface area contributed by atoms with E-state index >= 15 is 0 Å². The van der Waals surface area contributed by atoms with Gasteiger partial charge in [0, 0.05) is 6.54 Å². The highest BCUT2D eigenvalue weighted by molar-refractivity contribution is 7.79. The van der Waals surface area contributed by atoms with Gasteiger partial charge in [-0.3, -0.25) is 9.59 Å². The smallest absolute Gasteiger partial charge is 0.336 e. The van der Waals surface area contributed by atoms with Crippen molar-refractivity contribution in [2.24, 2.45) is 11.8 Å². The molecule has 238 valence electrons. The minimum Gasteiger partial charge on any atom is -0.467 e. The number of methoxy groups -OCH3 is 1. The van der Waals surface area contributed by atoms with Crippen LogP contribution in [0.25, 0.3) is 0 Å². The molecule has 1 aliphatic heterocycles. The molecule has 0 bridgehead atoms. The Kier molecular flexibility index (Phi) is 11.6. The van der Waals surface area contributed by atoms with Crippen molar-refractivity contribution in [3.8, 4) is 0 Å². The highest BCUT2D eigenvalue weighted by Crippen LogP contribution is 2.35. The lowest BCUT2D eigenvalue weighted by atomic mass is 9.82. The van der Waals surface area contributed by atoms with Gasteiger partial charge in [-0.05, 0) is 56.8 Å². The highest BCUT2D eigenvalue weighted by Gasteiger charge is 2.43. The van der Waals surface area contributed by atoms with Crippen LogP contribution in [0.3, 0.4) is 0 Å². The zero-order valence-electron chi connectivity index (χ0n) is 24.7. The second-order valence-corrected chi connectivity index (χ2v) is 13.7. The SMILES string of the molecule is COC(=O)C(O)C(CC1CC1)NC(=O)[C@@H]1CCCN1C(=O)[C@@H](NC(=O)NC1(CS(=O)O)CCCCC1)C1CCCCC1. The van der Waals surface area contributed by atoms with Gasteiger partial charge in [0.05, 0.1) is 24.4 Å². The van der Waals surface area contributed by atoms with E-state index in [0.717, 1.165) is 64.2 Å². The molecule has 3 unspecified atom stereocenters. The van der Waals surface area contributed by atoms with Crippen LogP contribution >= 0.6 is 0 Å². The van der Waals surface area contributed by atoms with Gasteiger partial charge in [0.15, 0.2) is 17.2 Å². The first kappa shape index (κ1) is 32.7.